The second kappa shape index (κ2) is 7.29. The van der Waals surface area contributed by atoms with Gasteiger partial charge in [-0.3, -0.25) is 9.10 Å². The summed E-state index contributed by atoms with van der Waals surface area (Å²) in [5.74, 6) is -2.31. The van der Waals surface area contributed by atoms with E-state index in [0.717, 1.165) is 29.8 Å². The van der Waals surface area contributed by atoms with Crippen LogP contribution < -0.4 is 9.62 Å². The molecule has 0 saturated carbocycles. The van der Waals surface area contributed by atoms with Crippen LogP contribution in [0.2, 0.25) is 0 Å². The van der Waals surface area contributed by atoms with Crippen LogP contribution in [0.25, 0.3) is 0 Å². The maximum absolute atomic E-state index is 14.3. The molecule has 0 unspecified atom stereocenters. The lowest BCUT2D eigenvalue weighted by molar-refractivity contribution is 0.102. The first kappa shape index (κ1) is 19.1. The van der Waals surface area contributed by atoms with E-state index >= 15 is 0 Å². The van der Waals surface area contributed by atoms with Crippen molar-refractivity contribution in [1.29, 1.82) is 0 Å². The zero-order valence-corrected chi connectivity index (χ0v) is 15.9. The lowest BCUT2D eigenvalue weighted by Gasteiger charge is -2.20. The summed E-state index contributed by atoms with van der Waals surface area (Å²) in [5.41, 5.74) is 1.17. The van der Waals surface area contributed by atoms with Crippen LogP contribution in [0, 0.1) is 11.6 Å². The zero-order chi connectivity index (χ0) is 20.6. The number of halogens is 2. The number of nitrogens with one attached hydrogen (secondary N) is 1. The molecule has 8 heteroatoms. The van der Waals surface area contributed by atoms with E-state index in [0.29, 0.717) is 12.1 Å². The number of anilines is 2. The molecule has 0 aliphatic carbocycles. The van der Waals surface area contributed by atoms with Crippen LogP contribution in [-0.4, -0.2) is 20.9 Å². The van der Waals surface area contributed by atoms with Gasteiger partial charge in [0.15, 0.2) is 0 Å². The maximum atomic E-state index is 14.3. The number of fused-ring (bicyclic) bond motifs is 1. The van der Waals surface area contributed by atoms with Gasteiger partial charge in [-0.1, -0.05) is 24.3 Å². The van der Waals surface area contributed by atoms with E-state index in [4.69, 9.17) is 0 Å². The van der Waals surface area contributed by atoms with Crippen molar-refractivity contribution in [3.05, 3.63) is 89.5 Å². The van der Waals surface area contributed by atoms with Gasteiger partial charge in [-0.15, -0.1) is 0 Å². The first-order valence-electron chi connectivity index (χ1n) is 8.83. The standard InChI is InChI=1S/C21H16F2N2O3S/c22-15-5-3-6-16(12-15)24-21(26)18-13-17(8-9-19(18)23)29(27,28)25-11-10-14-4-1-2-7-20(14)25/h1-9,12-13H,10-11H2,(H,24,26). The number of hydrogen-bond donors (Lipinski definition) is 1. The SMILES string of the molecule is O=C(Nc1cccc(F)c1)c1cc(S(=O)(=O)N2CCc3ccccc32)ccc1F. The second-order valence-corrected chi connectivity index (χ2v) is 8.42. The topological polar surface area (TPSA) is 66.5 Å². The fourth-order valence-corrected chi connectivity index (χ4v) is 4.82. The van der Waals surface area contributed by atoms with Crippen molar-refractivity contribution < 1.29 is 22.0 Å². The summed E-state index contributed by atoms with van der Waals surface area (Å²) in [5, 5.41) is 2.38. The number of carbonyl (C=O) groups excluding carboxylic acids is 1. The molecule has 0 radical (unpaired) electrons. The monoisotopic (exact) mass is 414 g/mol. The Labute approximate surface area is 166 Å². The van der Waals surface area contributed by atoms with Crippen molar-refractivity contribution in [3.8, 4) is 0 Å². The number of benzene rings is 3. The molecule has 1 amide bonds. The van der Waals surface area contributed by atoms with Crippen LogP contribution >= 0.6 is 0 Å². The number of sulfonamides is 1. The number of para-hydroxylation sites is 1. The fraction of sp³-hybridized carbons (Fsp3) is 0.0952. The van der Waals surface area contributed by atoms with Gasteiger partial charge in [0.05, 0.1) is 16.1 Å². The number of carbonyl (C=O) groups is 1. The Hall–Kier alpha value is -3.26. The minimum atomic E-state index is -3.98. The molecule has 4 rings (SSSR count). The van der Waals surface area contributed by atoms with Gasteiger partial charge in [-0.25, -0.2) is 17.2 Å². The molecule has 29 heavy (non-hydrogen) atoms. The number of nitrogens with zero attached hydrogens (tertiary/aromatic N) is 1. The molecule has 3 aromatic rings. The third-order valence-electron chi connectivity index (χ3n) is 4.70. The van der Waals surface area contributed by atoms with E-state index in [9.17, 15) is 22.0 Å². The van der Waals surface area contributed by atoms with Crippen LogP contribution in [-0.2, 0) is 16.4 Å². The summed E-state index contributed by atoms with van der Waals surface area (Å²) in [6.07, 6.45) is 0.573. The smallest absolute Gasteiger partial charge is 0.264 e. The number of amides is 1. The van der Waals surface area contributed by atoms with Crippen LogP contribution in [0.4, 0.5) is 20.2 Å². The molecule has 1 aliphatic rings. The molecule has 5 nitrogen and oxygen atoms in total. The van der Waals surface area contributed by atoms with Crippen LogP contribution in [0.1, 0.15) is 15.9 Å². The summed E-state index contributed by atoms with van der Waals surface area (Å²) in [4.78, 5) is 12.3. The number of hydrogen-bond acceptors (Lipinski definition) is 3. The van der Waals surface area contributed by atoms with Crippen molar-refractivity contribution >= 4 is 27.3 Å². The highest BCUT2D eigenvalue weighted by atomic mass is 32.2. The van der Waals surface area contributed by atoms with E-state index < -0.39 is 33.1 Å². The fourth-order valence-electron chi connectivity index (χ4n) is 3.29. The first-order chi connectivity index (χ1) is 13.9. The minimum Gasteiger partial charge on any atom is -0.322 e. The van der Waals surface area contributed by atoms with E-state index in [-0.39, 0.29) is 17.1 Å². The minimum absolute atomic E-state index is 0.135. The highest BCUT2D eigenvalue weighted by Crippen LogP contribution is 2.33. The Morgan fingerprint density at radius 2 is 1.76 bits per heavy atom. The van der Waals surface area contributed by atoms with Crippen molar-refractivity contribution in [2.24, 2.45) is 0 Å². The van der Waals surface area contributed by atoms with Crippen LogP contribution in [0.3, 0.4) is 0 Å². The summed E-state index contributed by atoms with van der Waals surface area (Å²) >= 11 is 0. The Bertz CT molecular complexity index is 1210. The summed E-state index contributed by atoms with van der Waals surface area (Å²) in [6.45, 7) is 0.268. The van der Waals surface area contributed by atoms with Gasteiger partial charge in [0.25, 0.3) is 15.9 Å². The Balaban J connectivity index is 1.67. The van der Waals surface area contributed by atoms with Gasteiger partial charge in [-0.2, -0.15) is 0 Å². The van der Waals surface area contributed by atoms with Gasteiger partial charge in [0.1, 0.15) is 11.6 Å². The van der Waals surface area contributed by atoms with Crippen LogP contribution in [0.5, 0.6) is 0 Å². The lowest BCUT2D eigenvalue weighted by atomic mass is 10.2. The molecule has 1 aliphatic heterocycles. The molecule has 148 valence electrons. The average Bonchev–Trinajstić information content (AvgIpc) is 3.13. The third-order valence-corrected chi connectivity index (χ3v) is 6.51. The molecule has 0 atom stereocenters. The van der Waals surface area contributed by atoms with Gasteiger partial charge in [-0.05, 0) is 54.4 Å². The molecule has 0 aromatic heterocycles. The van der Waals surface area contributed by atoms with Gasteiger partial charge in [0, 0.05) is 12.2 Å². The molecular formula is C21H16F2N2O3S. The molecule has 0 saturated heterocycles. The third kappa shape index (κ3) is 3.58. The predicted molar refractivity (Wildman–Crippen MR) is 105 cm³/mol. The van der Waals surface area contributed by atoms with Crippen molar-refractivity contribution in [2.45, 2.75) is 11.3 Å². The van der Waals surface area contributed by atoms with E-state index in [1.165, 1.54) is 22.5 Å². The quantitative estimate of drug-likeness (QED) is 0.703. The average molecular weight is 414 g/mol. The Kier molecular flexibility index (Phi) is 4.79. The molecule has 0 bridgehead atoms. The summed E-state index contributed by atoms with van der Waals surface area (Å²) in [7, 11) is -3.98. The van der Waals surface area contributed by atoms with Crippen molar-refractivity contribution in [3.63, 3.8) is 0 Å². The molecular weight excluding hydrogens is 398 g/mol. The van der Waals surface area contributed by atoms with Gasteiger partial charge < -0.3 is 5.32 Å². The van der Waals surface area contributed by atoms with Crippen molar-refractivity contribution in [2.75, 3.05) is 16.2 Å². The summed E-state index contributed by atoms with van der Waals surface area (Å²) < 4.78 is 55.0. The number of rotatable bonds is 4. The molecule has 1 heterocycles. The highest BCUT2D eigenvalue weighted by Gasteiger charge is 2.31. The Morgan fingerprint density at radius 1 is 0.966 bits per heavy atom. The maximum Gasteiger partial charge on any atom is 0.264 e. The van der Waals surface area contributed by atoms with E-state index in [1.807, 2.05) is 12.1 Å². The largest absolute Gasteiger partial charge is 0.322 e. The molecule has 1 N–H and O–H groups in total. The lowest BCUT2D eigenvalue weighted by Crippen LogP contribution is -2.29. The van der Waals surface area contributed by atoms with Crippen molar-refractivity contribution in [1.82, 2.24) is 0 Å². The van der Waals surface area contributed by atoms with Gasteiger partial charge in [0.2, 0.25) is 0 Å². The normalized spacial score (nSPS) is 13.2. The van der Waals surface area contributed by atoms with E-state index in [1.54, 1.807) is 12.1 Å². The zero-order valence-electron chi connectivity index (χ0n) is 15.1. The second-order valence-electron chi connectivity index (χ2n) is 6.56. The molecule has 0 spiro atoms. The predicted octanol–water partition coefficient (Wildman–Crippen LogP) is 3.97. The first-order valence-corrected chi connectivity index (χ1v) is 10.3. The summed E-state index contributed by atoms with van der Waals surface area (Å²) in [6, 6.07) is 15.3. The molecule has 3 aromatic carbocycles. The Morgan fingerprint density at radius 3 is 2.55 bits per heavy atom. The molecule has 0 fully saturated rings. The van der Waals surface area contributed by atoms with Gasteiger partial charge >= 0.3 is 0 Å². The van der Waals surface area contributed by atoms with E-state index in [2.05, 4.69) is 5.32 Å². The highest BCUT2D eigenvalue weighted by molar-refractivity contribution is 7.92. The van der Waals surface area contributed by atoms with Crippen LogP contribution in [0.15, 0.2) is 71.6 Å².